The molecule has 0 aliphatic carbocycles. The second-order valence-corrected chi connectivity index (χ2v) is 7.67. The van der Waals surface area contributed by atoms with Crippen molar-refractivity contribution in [1.29, 1.82) is 0 Å². The van der Waals surface area contributed by atoms with Gasteiger partial charge in [0.25, 0.3) is 0 Å². The average Bonchev–Trinajstić information content (AvgIpc) is 2.72. The Morgan fingerprint density at radius 1 is 1.18 bits per heavy atom. The third kappa shape index (κ3) is 7.52. The van der Waals surface area contributed by atoms with E-state index in [-0.39, 0.29) is 24.0 Å². The lowest BCUT2D eigenvalue weighted by molar-refractivity contribution is 0.0417. The molecular formula is C22H39IN4O. The van der Waals surface area contributed by atoms with E-state index in [4.69, 9.17) is 0 Å². The minimum atomic E-state index is -0.698. The average molecular weight is 502 g/mol. The van der Waals surface area contributed by atoms with E-state index in [1.54, 1.807) is 0 Å². The number of nitrogens with one attached hydrogen (secondary N) is 2. The Bertz CT molecular complexity index is 569. The molecule has 1 unspecified atom stereocenters. The number of nitrogens with zero attached hydrogens (tertiary/aromatic N) is 2. The van der Waals surface area contributed by atoms with Crippen molar-refractivity contribution in [2.75, 3.05) is 26.2 Å². The summed E-state index contributed by atoms with van der Waals surface area (Å²) in [5.74, 6) is 0.826. The molecular weight excluding hydrogens is 463 g/mol. The van der Waals surface area contributed by atoms with Crippen LogP contribution in [0.3, 0.4) is 0 Å². The third-order valence-corrected chi connectivity index (χ3v) is 5.89. The van der Waals surface area contributed by atoms with Gasteiger partial charge in [0.05, 0.1) is 12.1 Å². The SMILES string of the molecule is CCNC(=NCC(O)(CC)CC)NC1CCN(C(C)c2ccccc2)CC1.I. The van der Waals surface area contributed by atoms with Crippen LogP contribution in [-0.2, 0) is 0 Å². The van der Waals surface area contributed by atoms with E-state index in [0.29, 0.717) is 18.6 Å². The van der Waals surface area contributed by atoms with Gasteiger partial charge < -0.3 is 15.7 Å². The molecule has 1 aromatic carbocycles. The Morgan fingerprint density at radius 3 is 2.32 bits per heavy atom. The predicted molar refractivity (Wildman–Crippen MR) is 130 cm³/mol. The summed E-state index contributed by atoms with van der Waals surface area (Å²) in [5, 5.41) is 17.4. The van der Waals surface area contributed by atoms with Crippen LogP contribution < -0.4 is 10.6 Å². The number of hydrogen-bond donors (Lipinski definition) is 3. The molecule has 1 aliphatic heterocycles. The molecule has 0 saturated carbocycles. The summed E-state index contributed by atoms with van der Waals surface area (Å²) in [6, 6.07) is 11.6. The Morgan fingerprint density at radius 2 is 1.79 bits per heavy atom. The molecule has 1 atom stereocenters. The molecule has 6 heteroatoms. The van der Waals surface area contributed by atoms with Crippen LogP contribution in [0.1, 0.15) is 65.0 Å². The van der Waals surface area contributed by atoms with Crippen LogP contribution in [-0.4, -0.2) is 53.8 Å². The van der Waals surface area contributed by atoms with Gasteiger partial charge in [0.15, 0.2) is 5.96 Å². The number of likely N-dealkylation sites (tertiary alicyclic amines) is 1. The summed E-state index contributed by atoms with van der Waals surface area (Å²) in [5.41, 5.74) is 0.689. The molecule has 0 aromatic heterocycles. The first-order valence-corrected chi connectivity index (χ1v) is 10.6. The van der Waals surface area contributed by atoms with Crippen molar-refractivity contribution < 1.29 is 5.11 Å². The molecule has 1 heterocycles. The Labute approximate surface area is 188 Å². The number of rotatable bonds is 8. The predicted octanol–water partition coefficient (Wildman–Crippen LogP) is 3.94. The van der Waals surface area contributed by atoms with Crippen molar-refractivity contribution >= 4 is 29.9 Å². The number of aliphatic imine (C=N–C) groups is 1. The highest BCUT2D eigenvalue weighted by atomic mass is 127. The highest BCUT2D eigenvalue weighted by Crippen LogP contribution is 2.24. The highest BCUT2D eigenvalue weighted by Gasteiger charge is 2.25. The largest absolute Gasteiger partial charge is 0.388 e. The number of guanidine groups is 1. The molecule has 1 fully saturated rings. The quantitative estimate of drug-likeness (QED) is 0.287. The fourth-order valence-corrected chi connectivity index (χ4v) is 3.59. The van der Waals surface area contributed by atoms with Gasteiger partial charge in [-0.1, -0.05) is 44.2 Å². The summed E-state index contributed by atoms with van der Waals surface area (Å²) in [4.78, 5) is 7.21. The molecule has 0 amide bonds. The van der Waals surface area contributed by atoms with E-state index >= 15 is 0 Å². The topological polar surface area (TPSA) is 59.9 Å². The third-order valence-electron chi connectivity index (χ3n) is 5.89. The second-order valence-electron chi connectivity index (χ2n) is 7.67. The molecule has 28 heavy (non-hydrogen) atoms. The maximum absolute atomic E-state index is 10.5. The first-order chi connectivity index (χ1) is 13.0. The fraction of sp³-hybridized carbons (Fsp3) is 0.682. The van der Waals surface area contributed by atoms with Crippen molar-refractivity contribution in [3.8, 4) is 0 Å². The van der Waals surface area contributed by atoms with E-state index < -0.39 is 5.60 Å². The first-order valence-electron chi connectivity index (χ1n) is 10.6. The molecule has 0 radical (unpaired) electrons. The smallest absolute Gasteiger partial charge is 0.191 e. The maximum Gasteiger partial charge on any atom is 0.191 e. The van der Waals surface area contributed by atoms with Crippen molar-refractivity contribution in [2.24, 2.45) is 4.99 Å². The lowest BCUT2D eigenvalue weighted by Crippen LogP contribution is -2.49. The molecule has 0 spiro atoms. The zero-order valence-electron chi connectivity index (χ0n) is 17.9. The van der Waals surface area contributed by atoms with Gasteiger partial charge in [-0.25, -0.2) is 0 Å². The standard InChI is InChI=1S/C22H38N4O.HI/c1-5-22(27,6-2)17-24-21(23-7-3)25-20-13-15-26(16-14-20)18(4)19-11-9-8-10-12-19;/h8-12,18,20,27H,5-7,13-17H2,1-4H3,(H2,23,24,25);1H. The molecule has 1 aliphatic rings. The Hall–Kier alpha value is -0.860. The number of piperidine rings is 1. The summed E-state index contributed by atoms with van der Waals surface area (Å²) in [7, 11) is 0. The van der Waals surface area contributed by atoms with E-state index in [1.807, 2.05) is 13.8 Å². The first kappa shape index (κ1) is 25.2. The monoisotopic (exact) mass is 502 g/mol. The van der Waals surface area contributed by atoms with Gasteiger partial charge in [0, 0.05) is 31.7 Å². The molecule has 3 N–H and O–H groups in total. The summed E-state index contributed by atoms with van der Waals surface area (Å²) >= 11 is 0. The Balaban J connectivity index is 0.00000392. The lowest BCUT2D eigenvalue weighted by Gasteiger charge is -2.37. The van der Waals surface area contributed by atoms with Crippen molar-refractivity contribution in [3.05, 3.63) is 35.9 Å². The van der Waals surface area contributed by atoms with Gasteiger partial charge in [-0.05, 0) is 45.1 Å². The van der Waals surface area contributed by atoms with Crippen molar-refractivity contribution in [3.63, 3.8) is 0 Å². The summed E-state index contributed by atoms with van der Waals surface area (Å²) in [6.07, 6.45) is 3.66. The van der Waals surface area contributed by atoms with Crippen LogP contribution in [0.5, 0.6) is 0 Å². The number of halogens is 1. The van der Waals surface area contributed by atoms with E-state index in [0.717, 1.165) is 51.3 Å². The van der Waals surface area contributed by atoms with Crippen molar-refractivity contribution in [2.45, 2.75) is 71.1 Å². The van der Waals surface area contributed by atoms with Crippen LogP contribution in [0.4, 0.5) is 0 Å². The van der Waals surface area contributed by atoms with Gasteiger partial charge in [0.2, 0.25) is 0 Å². The van der Waals surface area contributed by atoms with E-state index in [9.17, 15) is 5.11 Å². The normalized spacial score (nSPS) is 17.7. The van der Waals surface area contributed by atoms with Gasteiger partial charge in [0.1, 0.15) is 0 Å². The number of aliphatic hydroxyl groups is 1. The van der Waals surface area contributed by atoms with Crippen LogP contribution in [0.25, 0.3) is 0 Å². The van der Waals surface area contributed by atoms with E-state index in [1.165, 1.54) is 5.56 Å². The molecule has 2 rings (SSSR count). The zero-order valence-corrected chi connectivity index (χ0v) is 20.3. The lowest BCUT2D eigenvalue weighted by atomic mass is 9.98. The fourth-order valence-electron chi connectivity index (χ4n) is 3.59. The van der Waals surface area contributed by atoms with E-state index in [2.05, 4.69) is 64.7 Å². The molecule has 160 valence electrons. The van der Waals surface area contributed by atoms with Gasteiger partial charge in [-0.2, -0.15) is 0 Å². The highest BCUT2D eigenvalue weighted by molar-refractivity contribution is 14.0. The molecule has 5 nitrogen and oxygen atoms in total. The minimum absolute atomic E-state index is 0. The van der Waals surface area contributed by atoms with Gasteiger partial charge >= 0.3 is 0 Å². The van der Waals surface area contributed by atoms with Crippen molar-refractivity contribution in [1.82, 2.24) is 15.5 Å². The number of benzene rings is 1. The zero-order chi connectivity index (χ0) is 19.7. The maximum atomic E-state index is 10.5. The second kappa shape index (κ2) is 12.6. The molecule has 0 bridgehead atoms. The van der Waals surface area contributed by atoms with Crippen LogP contribution in [0, 0.1) is 0 Å². The minimum Gasteiger partial charge on any atom is -0.388 e. The number of hydrogen-bond acceptors (Lipinski definition) is 3. The van der Waals surface area contributed by atoms with Crippen LogP contribution >= 0.6 is 24.0 Å². The van der Waals surface area contributed by atoms with Gasteiger partial charge in [-0.15, -0.1) is 24.0 Å². The Kier molecular flexibility index (Phi) is 11.4. The summed E-state index contributed by atoms with van der Waals surface area (Å²) in [6.45, 7) is 11.8. The summed E-state index contributed by atoms with van der Waals surface area (Å²) < 4.78 is 0. The van der Waals surface area contributed by atoms with Crippen LogP contribution in [0.2, 0.25) is 0 Å². The molecule has 1 aromatic rings. The van der Waals surface area contributed by atoms with Gasteiger partial charge in [-0.3, -0.25) is 9.89 Å². The molecule has 1 saturated heterocycles. The van der Waals surface area contributed by atoms with Crippen LogP contribution in [0.15, 0.2) is 35.3 Å².